The molecule has 0 bridgehead atoms. The Labute approximate surface area is 133 Å². The summed E-state index contributed by atoms with van der Waals surface area (Å²) in [5.74, 6) is 1.60. The number of halogens is 1. The van der Waals surface area contributed by atoms with Gasteiger partial charge in [-0.05, 0) is 37.0 Å². The number of benzene rings is 1. The van der Waals surface area contributed by atoms with Gasteiger partial charge in [0.15, 0.2) is 5.75 Å². The van der Waals surface area contributed by atoms with Gasteiger partial charge in [-0.1, -0.05) is 28.9 Å². The highest BCUT2D eigenvalue weighted by atomic mass is 79.9. The summed E-state index contributed by atoms with van der Waals surface area (Å²) in [6.07, 6.45) is 7.36. The van der Waals surface area contributed by atoms with E-state index in [1.54, 1.807) is 6.20 Å². The van der Waals surface area contributed by atoms with Gasteiger partial charge in [-0.15, -0.1) is 0 Å². The summed E-state index contributed by atoms with van der Waals surface area (Å²) in [6.45, 7) is 3.95. The number of aromatic nitrogens is 2. The molecule has 4 nitrogen and oxygen atoms in total. The lowest BCUT2D eigenvalue weighted by atomic mass is 10.2. The highest BCUT2D eigenvalue weighted by molar-refractivity contribution is 9.10. The molecule has 1 aliphatic rings. The quantitative estimate of drug-likeness (QED) is 0.817. The van der Waals surface area contributed by atoms with Gasteiger partial charge in [0.05, 0.1) is 12.4 Å². The van der Waals surface area contributed by atoms with Gasteiger partial charge in [-0.3, -0.25) is 4.68 Å². The van der Waals surface area contributed by atoms with Crippen molar-refractivity contribution in [3.05, 3.63) is 40.6 Å². The van der Waals surface area contributed by atoms with Gasteiger partial charge in [0, 0.05) is 23.6 Å². The molecule has 3 rings (SSSR count). The molecular formula is C16H20BrN3O. The Bertz CT molecular complexity index is 607. The molecule has 5 heteroatoms. The van der Waals surface area contributed by atoms with Gasteiger partial charge in [-0.25, -0.2) is 0 Å². The lowest BCUT2D eigenvalue weighted by molar-refractivity contribution is 0.480. The second kappa shape index (κ2) is 6.62. The molecule has 0 spiro atoms. The van der Waals surface area contributed by atoms with E-state index in [4.69, 9.17) is 4.74 Å². The molecule has 21 heavy (non-hydrogen) atoms. The van der Waals surface area contributed by atoms with E-state index in [-0.39, 0.29) is 0 Å². The predicted octanol–water partition coefficient (Wildman–Crippen LogP) is 4.10. The van der Waals surface area contributed by atoms with Crippen LogP contribution in [-0.4, -0.2) is 15.8 Å². The monoisotopic (exact) mass is 349 g/mol. The van der Waals surface area contributed by atoms with Crippen molar-refractivity contribution in [3.63, 3.8) is 0 Å². The fraction of sp³-hybridized carbons (Fsp3) is 0.438. The summed E-state index contributed by atoms with van der Waals surface area (Å²) >= 11 is 3.62. The summed E-state index contributed by atoms with van der Waals surface area (Å²) in [6, 6.07) is 6.84. The largest absolute Gasteiger partial charge is 0.454 e. The summed E-state index contributed by atoms with van der Waals surface area (Å²) in [5, 5.41) is 7.78. The van der Waals surface area contributed by atoms with E-state index < -0.39 is 0 Å². The molecule has 0 radical (unpaired) electrons. The molecule has 112 valence electrons. The third-order valence-electron chi connectivity index (χ3n) is 3.48. The van der Waals surface area contributed by atoms with Gasteiger partial charge in [-0.2, -0.15) is 5.10 Å². The Balaban J connectivity index is 1.62. The first kappa shape index (κ1) is 14.6. The second-order valence-electron chi connectivity index (χ2n) is 5.45. The van der Waals surface area contributed by atoms with E-state index in [2.05, 4.69) is 39.3 Å². The molecule has 1 saturated carbocycles. The van der Waals surface area contributed by atoms with Crippen molar-refractivity contribution in [2.24, 2.45) is 0 Å². The van der Waals surface area contributed by atoms with Crippen LogP contribution in [0.4, 0.5) is 0 Å². The lowest BCUT2D eigenvalue weighted by Crippen LogP contribution is -2.15. The number of nitrogens with one attached hydrogen (secondary N) is 1. The Morgan fingerprint density at radius 2 is 2.24 bits per heavy atom. The number of hydrogen-bond donors (Lipinski definition) is 1. The zero-order valence-electron chi connectivity index (χ0n) is 12.2. The molecule has 0 amide bonds. The maximum absolute atomic E-state index is 5.85. The molecule has 1 heterocycles. The number of rotatable bonds is 7. The maximum Gasteiger partial charge on any atom is 0.165 e. The molecule has 0 aliphatic heterocycles. The molecular weight excluding hydrogens is 330 g/mol. The van der Waals surface area contributed by atoms with Crippen molar-refractivity contribution in [2.75, 3.05) is 0 Å². The highest BCUT2D eigenvalue weighted by Gasteiger charge is 2.20. The lowest BCUT2D eigenvalue weighted by Gasteiger charge is -2.08. The Morgan fingerprint density at radius 1 is 1.38 bits per heavy atom. The van der Waals surface area contributed by atoms with Crippen LogP contribution in [0.2, 0.25) is 0 Å². The van der Waals surface area contributed by atoms with Crippen LogP contribution in [0.25, 0.3) is 0 Å². The molecule has 0 unspecified atom stereocenters. The molecule has 1 aliphatic carbocycles. The Hall–Kier alpha value is -1.33. The van der Waals surface area contributed by atoms with Crippen molar-refractivity contribution in [1.82, 2.24) is 15.1 Å². The van der Waals surface area contributed by atoms with Crippen molar-refractivity contribution >= 4 is 15.9 Å². The van der Waals surface area contributed by atoms with Gasteiger partial charge in [0.25, 0.3) is 0 Å². The van der Waals surface area contributed by atoms with E-state index in [9.17, 15) is 0 Å². The van der Waals surface area contributed by atoms with Crippen LogP contribution in [0.3, 0.4) is 0 Å². The van der Waals surface area contributed by atoms with Crippen LogP contribution in [0.5, 0.6) is 11.5 Å². The summed E-state index contributed by atoms with van der Waals surface area (Å²) in [7, 11) is 0. The highest BCUT2D eigenvalue weighted by Crippen LogP contribution is 2.28. The van der Waals surface area contributed by atoms with Crippen LogP contribution in [0.15, 0.2) is 35.1 Å². The zero-order valence-corrected chi connectivity index (χ0v) is 13.8. The van der Waals surface area contributed by atoms with Crippen molar-refractivity contribution in [3.8, 4) is 11.5 Å². The van der Waals surface area contributed by atoms with Crippen LogP contribution < -0.4 is 10.1 Å². The third-order valence-corrected chi connectivity index (χ3v) is 4.22. The van der Waals surface area contributed by atoms with Crippen molar-refractivity contribution in [2.45, 2.75) is 45.3 Å². The predicted molar refractivity (Wildman–Crippen MR) is 86.6 cm³/mol. The van der Waals surface area contributed by atoms with E-state index >= 15 is 0 Å². The van der Waals surface area contributed by atoms with Gasteiger partial charge < -0.3 is 10.1 Å². The minimum atomic E-state index is 0.720. The van der Waals surface area contributed by atoms with Crippen LogP contribution in [-0.2, 0) is 13.1 Å². The molecule has 1 aromatic heterocycles. The first-order valence-electron chi connectivity index (χ1n) is 7.46. The zero-order chi connectivity index (χ0) is 14.7. The molecule has 1 fully saturated rings. The van der Waals surface area contributed by atoms with Crippen molar-refractivity contribution < 1.29 is 4.74 Å². The van der Waals surface area contributed by atoms with Crippen LogP contribution >= 0.6 is 15.9 Å². The maximum atomic E-state index is 5.85. The van der Waals surface area contributed by atoms with E-state index in [1.165, 1.54) is 18.4 Å². The van der Waals surface area contributed by atoms with Crippen molar-refractivity contribution in [1.29, 1.82) is 0 Å². The fourth-order valence-corrected chi connectivity index (χ4v) is 2.66. The fourth-order valence-electron chi connectivity index (χ4n) is 2.16. The molecule has 0 saturated heterocycles. The summed E-state index contributed by atoms with van der Waals surface area (Å²) in [5.41, 5.74) is 1.26. The van der Waals surface area contributed by atoms with Gasteiger partial charge in [0.2, 0.25) is 0 Å². The topological polar surface area (TPSA) is 39.1 Å². The molecule has 0 atom stereocenters. The Kier molecular flexibility index (Phi) is 4.60. The van der Waals surface area contributed by atoms with E-state index in [0.29, 0.717) is 0 Å². The SMILES string of the molecule is CCCn1cc(Oc2ccc(CNC3CC3)c(Br)c2)cn1. The molecule has 1 N–H and O–H groups in total. The minimum Gasteiger partial charge on any atom is -0.454 e. The number of nitrogens with zero attached hydrogens (tertiary/aromatic N) is 2. The average Bonchev–Trinajstić information content (AvgIpc) is 3.19. The minimum absolute atomic E-state index is 0.720. The standard InChI is InChI=1S/C16H20BrN3O/c1-2-7-20-11-15(10-19-20)21-14-6-3-12(16(17)8-14)9-18-13-4-5-13/h3,6,8,10-11,13,18H,2,4-5,7,9H2,1H3. The second-order valence-corrected chi connectivity index (χ2v) is 6.30. The average molecular weight is 350 g/mol. The van der Waals surface area contributed by atoms with E-state index in [0.717, 1.165) is 41.5 Å². The Morgan fingerprint density at radius 3 is 2.95 bits per heavy atom. The molecule has 1 aromatic carbocycles. The normalized spacial score (nSPS) is 14.4. The van der Waals surface area contributed by atoms with Crippen LogP contribution in [0, 0.1) is 0 Å². The number of aryl methyl sites for hydroxylation is 1. The number of hydrogen-bond acceptors (Lipinski definition) is 3. The first-order chi connectivity index (χ1) is 10.2. The summed E-state index contributed by atoms with van der Waals surface area (Å²) in [4.78, 5) is 0. The molecule has 2 aromatic rings. The smallest absolute Gasteiger partial charge is 0.165 e. The van der Waals surface area contributed by atoms with E-state index in [1.807, 2.05) is 23.0 Å². The first-order valence-corrected chi connectivity index (χ1v) is 8.26. The van der Waals surface area contributed by atoms with Crippen LogP contribution in [0.1, 0.15) is 31.7 Å². The van der Waals surface area contributed by atoms with Gasteiger partial charge >= 0.3 is 0 Å². The third kappa shape index (κ3) is 4.08. The summed E-state index contributed by atoms with van der Waals surface area (Å²) < 4.78 is 8.82. The number of ether oxygens (including phenoxy) is 1. The van der Waals surface area contributed by atoms with Gasteiger partial charge in [0.1, 0.15) is 5.75 Å².